The van der Waals surface area contributed by atoms with Crippen molar-refractivity contribution in [1.29, 1.82) is 0 Å². The van der Waals surface area contributed by atoms with Crippen LogP contribution in [0.5, 0.6) is 0 Å². The molecule has 1 rings (SSSR count). The van der Waals surface area contributed by atoms with Crippen molar-refractivity contribution in [2.75, 3.05) is 12.8 Å². The number of amides is 2. The molecule has 0 saturated heterocycles. The first kappa shape index (κ1) is 18.4. The van der Waals surface area contributed by atoms with E-state index in [0.29, 0.717) is 17.9 Å². The van der Waals surface area contributed by atoms with Gasteiger partial charge >= 0.3 is 0 Å². The van der Waals surface area contributed by atoms with E-state index in [1.807, 2.05) is 19.9 Å². The van der Waals surface area contributed by atoms with Crippen LogP contribution < -0.4 is 10.6 Å². The summed E-state index contributed by atoms with van der Waals surface area (Å²) >= 11 is 0. The summed E-state index contributed by atoms with van der Waals surface area (Å²) < 4.78 is 11.2. The average molecular weight is 324 g/mol. The molecule has 2 N–H and O–H groups in total. The van der Waals surface area contributed by atoms with Crippen LogP contribution in [0.4, 0.5) is 0 Å². The van der Waals surface area contributed by atoms with Gasteiger partial charge in [0.2, 0.25) is 5.91 Å². The quantitative estimate of drug-likeness (QED) is 0.763. The Morgan fingerprint density at radius 3 is 2.68 bits per heavy atom. The third-order valence-corrected chi connectivity index (χ3v) is 3.96. The summed E-state index contributed by atoms with van der Waals surface area (Å²) in [6.07, 6.45) is 2.76. The number of nitrogens with one attached hydrogen (secondary N) is 2. The molecule has 0 spiro atoms. The Labute approximate surface area is 134 Å². The summed E-state index contributed by atoms with van der Waals surface area (Å²) in [4.78, 5) is 23.6. The maximum Gasteiger partial charge on any atom is 0.251 e. The number of benzene rings is 1. The lowest BCUT2D eigenvalue weighted by molar-refractivity contribution is -0.121. The number of carbonyl (C=O) groups is 2. The Hall–Kier alpha value is -1.69. The molecule has 0 bridgehead atoms. The summed E-state index contributed by atoms with van der Waals surface area (Å²) in [6, 6.07) is 7.20. The van der Waals surface area contributed by atoms with E-state index >= 15 is 0 Å². The van der Waals surface area contributed by atoms with Crippen molar-refractivity contribution >= 4 is 22.6 Å². The maximum absolute atomic E-state index is 12.0. The molecule has 0 radical (unpaired) electrons. The Bertz CT molecular complexity index is 546. The van der Waals surface area contributed by atoms with Gasteiger partial charge in [0.1, 0.15) is 0 Å². The van der Waals surface area contributed by atoms with Crippen molar-refractivity contribution in [3.05, 3.63) is 35.4 Å². The second-order valence-electron chi connectivity index (χ2n) is 5.30. The Morgan fingerprint density at radius 1 is 1.32 bits per heavy atom. The third-order valence-electron chi connectivity index (χ3n) is 3.22. The highest BCUT2D eigenvalue weighted by Crippen LogP contribution is 2.07. The molecule has 5 nitrogen and oxygen atoms in total. The second kappa shape index (κ2) is 9.35. The SMILES string of the molecule is CCC(C)NC(=O)CCNC(=O)c1cccc(CS(C)=O)c1. The van der Waals surface area contributed by atoms with Crippen molar-refractivity contribution in [1.82, 2.24) is 10.6 Å². The summed E-state index contributed by atoms with van der Waals surface area (Å²) in [5.41, 5.74) is 1.38. The lowest BCUT2D eigenvalue weighted by Gasteiger charge is -2.11. The van der Waals surface area contributed by atoms with Crippen molar-refractivity contribution in [3.8, 4) is 0 Å². The molecule has 0 saturated carbocycles. The van der Waals surface area contributed by atoms with Crippen LogP contribution in [0.1, 0.15) is 42.6 Å². The molecular formula is C16H24N2O3S. The van der Waals surface area contributed by atoms with Crippen LogP contribution >= 0.6 is 0 Å². The van der Waals surface area contributed by atoms with Crippen molar-refractivity contribution < 1.29 is 13.8 Å². The molecule has 2 amide bonds. The normalized spacial score (nSPS) is 13.2. The van der Waals surface area contributed by atoms with Crippen LogP contribution in [0.25, 0.3) is 0 Å². The van der Waals surface area contributed by atoms with Crippen molar-refractivity contribution in [3.63, 3.8) is 0 Å². The van der Waals surface area contributed by atoms with Crippen LogP contribution in [0.15, 0.2) is 24.3 Å². The number of hydrogen-bond donors (Lipinski definition) is 2. The van der Waals surface area contributed by atoms with E-state index < -0.39 is 10.8 Å². The average Bonchev–Trinajstić information content (AvgIpc) is 2.46. The minimum Gasteiger partial charge on any atom is -0.354 e. The van der Waals surface area contributed by atoms with Crippen molar-refractivity contribution in [2.24, 2.45) is 0 Å². The topological polar surface area (TPSA) is 75.3 Å². The molecular weight excluding hydrogens is 300 g/mol. The Kier molecular flexibility index (Phi) is 7.80. The molecule has 0 aliphatic carbocycles. The molecule has 0 fully saturated rings. The van der Waals surface area contributed by atoms with Gasteiger partial charge in [-0.15, -0.1) is 0 Å². The van der Waals surface area contributed by atoms with Gasteiger partial charge in [-0.05, 0) is 31.0 Å². The minimum atomic E-state index is -0.941. The monoisotopic (exact) mass is 324 g/mol. The molecule has 6 heteroatoms. The lowest BCUT2D eigenvalue weighted by Crippen LogP contribution is -2.35. The molecule has 122 valence electrons. The van der Waals surface area contributed by atoms with E-state index in [4.69, 9.17) is 0 Å². The van der Waals surface area contributed by atoms with Gasteiger partial charge in [0, 0.05) is 47.4 Å². The first-order chi connectivity index (χ1) is 10.4. The van der Waals surface area contributed by atoms with Crippen LogP contribution in [-0.4, -0.2) is 34.9 Å². The highest BCUT2D eigenvalue weighted by atomic mass is 32.2. The highest BCUT2D eigenvalue weighted by molar-refractivity contribution is 7.83. The zero-order chi connectivity index (χ0) is 16.5. The van der Waals surface area contributed by atoms with E-state index in [1.165, 1.54) is 0 Å². The van der Waals surface area contributed by atoms with E-state index in [2.05, 4.69) is 10.6 Å². The highest BCUT2D eigenvalue weighted by Gasteiger charge is 2.09. The van der Waals surface area contributed by atoms with Gasteiger partial charge in [0.15, 0.2) is 0 Å². The summed E-state index contributed by atoms with van der Waals surface area (Å²) in [5.74, 6) is 0.142. The molecule has 2 unspecified atom stereocenters. The zero-order valence-electron chi connectivity index (χ0n) is 13.3. The fourth-order valence-corrected chi connectivity index (χ4v) is 2.53. The van der Waals surface area contributed by atoms with E-state index in [9.17, 15) is 13.8 Å². The predicted molar refractivity (Wildman–Crippen MR) is 89.1 cm³/mol. The molecule has 1 aromatic rings. The molecule has 0 aliphatic heterocycles. The van der Waals surface area contributed by atoms with Gasteiger partial charge in [-0.1, -0.05) is 19.1 Å². The van der Waals surface area contributed by atoms with Gasteiger partial charge in [-0.25, -0.2) is 0 Å². The van der Waals surface area contributed by atoms with Gasteiger partial charge in [-0.3, -0.25) is 13.8 Å². The first-order valence-corrected chi connectivity index (χ1v) is 9.11. The largest absolute Gasteiger partial charge is 0.354 e. The number of rotatable bonds is 8. The standard InChI is InChI=1S/C16H24N2O3S/c1-4-12(2)18-15(19)8-9-17-16(20)14-7-5-6-13(10-14)11-22(3)21/h5-7,10,12H,4,8-9,11H2,1-3H3,(H,17,20)(H,18,19). The fraction of sp³-hybridized carbons (Fsp3) is 0.500. The maximum atomic E-state index is 12.0. The van der Waals surface area contributed by atoms with Crippen LogP contribution in [0.2, 0.25) is 0 Å². The molecule has 0 aromatic heterocycles. The fourth-order valence-electron chi connectivity index (χ4n) is 1.88. The second-order valence-corrected chi connectivity index (χ2v) is 6.74. The van der Waals surface area contributed by atoms with E-state index in [-0.39, 0.29) is 24.3 Å². The summed E-state index contributed by atoms with van der Waals surface area (Å²) in [7, 11) is -0.941. The third kappa shape index (κ3) is 6.85. The smallest absolute Gasteiger partial charge is 0.251 e. The van der Waals surface area contributed by atoms with Crippen LogP contribution in [0.3, 0.4) is 0 Å². The van der Waals surface area contributed by atoms with Crippen LogP contribution in [0, 0.1) is 0 Å². The molecule has 22 heavy (non-hydrogen) atoms. The first-order valence-electron chi connectivity index (χ1n) is 7.39. The van der Waals surface area contributed by atoms with Gasteiger partial charge in [0.05, 0.1) is 0 Å². The molecule has 0 aliphatic rings. The molecule has 1 aromatic carbocycles. The zero-order valence-corrected chi connectivity index (χ0v) is 14.2. The van der Waals surface area contributed by atoms with E-state index in [1.54, 1.807) is 24.5 Å². The van der Waals surface area contributed by atoms with Crippen molar-refractivity contribution in [2.45, 2.75) is 38.5 Å². The van der Waals surface area contributed by atoms with Crippen LogP contribution in [-0.2, 0) is 21.3 Å². The Balaban J connectivity index is 2.45. The lowest BCUT2D eigenvalue weighted by atomic mass is 10.1. The predicted octanol–water partition coefficient (Wildman–Crippen LogP) is 1.60. The van der Waals surface area contributed by atoms with Gasteiger partial charge in [-0.2, -0.15) is 0 Å². The minimum absolute atomic E-state index is 0.0650. The van der Waals surface area contributed by atoms with E-state index in [0.717, 1.165) is 12.0 Å². The summed E-state index contributed by atoms with van der Waals surface area (Å²) in [5, 5.41) is 5.58. The summed E-state index contributed by atoms with van der Waals surface area (Å²) in [6.45, 7) is 4.24. The number of hydrogen-bond acceptors (Lipinski definition) is 3. The van der Waals surface area contributed by atoms with Gasteiger partial charge in [0.25, 0.3) is 5.91 Å². The molecule has 2 atom stereocenters. The van der Waals surface area contributed by atoms with Gasteiger partial charge < -0.3 is 10.6 Å². The number of carbonyl (C=O) groups excluding carboxylic acids is 2. The Morgan fingerprint density at radius 2 is 2.05 bits per heavy atom. The molecule has 0 heterocycles.